The third kappa shape index (κ3) is 3.56. The molecule has 1 N–H and O–H groups in total. The zero-order chi connectivity index (χ0) is 13.0. The quantitative estimate of drug-likeness (QED) is 0.878. The number of halogens is 1. The van der Waals surface area contributed by atoms with Gasteiger partial charge in [-0.25, -0.2) is 4.39 Å². The lowest BCUT2D eigenvalue weighted by Crippen LogP contribution is -2.14. The van der Waals surface area contributed by atoms with Crippen LogP contribution < -0.4 is 0 Å². The second kappa shape index (κ2) is 5.98. The summed E-state index contributed by atoms with van der Waals surface area (Å²) >= 11 is 0. The molecule has 1 fully saturated rings. The van der Waals surface area contributed by atoms with Crippen molar-refractivity contribution in [1.82, 2.24) is 0 Å². The van der Waals surface area contributed by atoms with E-state index in [0.717, 1.165) is 37.7 Å². The van der Waals surface area contributed by atoms with Crippen molar-refractivity contribution >= 4 is 5.97 Å². The van der Waals surface area contributed by atoms with Gasteiger partial charge in [0.05, 0.1) is 0 Å². The van der Waals surface area contributed by atoms with Gasteiger partial charge in [0, 0.05) is 6.42 Å². The van der Waals surface area contributed by atoms with Crippen molar-refractivity contribution in [2.75, 3.05) is 0 Å². The number of carbonyl (C=O) groups is 1. The molecule has 3 heteroatoms. The molecule has 18 heavy (non-hydrogen) atoms. The van der Waals surface area contributed by atoms with E-state index in [1.54, 1.807) is 12.1 Å². The normalized spacial score (nSPS) is 23.8. The third-order valence-electron chi connectivity index (χ3n) is 3.93. The zero-order valence-corrected chi connectivity index (χ0v) is 10.4. The Morgan fingerprint density at radius 1 is 1.28 bits per heavy atom. The molecule has 2 rings (SSSR count). The molecule has 0 heterocycles. The molecule has 1 aromatic rings. The van der Waals surface area contributed by atoms with E-state index in [2.05, 4.69) is 0 Å². The molecule has 0 amide bonds. The van der Waals surface area contributed by atoms with Gasteiger partial charge in [-0.1, -0.05) is 12.1 Å². The van der Waals surface area contributed by atoms with Crippen LogP contribution in [0.1, 0.15) is 50.0 Å². The highest BCUT2D eigenvalue weighted by atomic mass is 19.1. The summed E-state index contributed by atoms with van der Waals surface area (Å²) in [4.78, 5) is 10.5. The standard InChI is InChI=1S/C15H19FO2/c16-14-3-1-2-13(10-14)12-7-4-11(5-8-12)6-9-15(17)18/h1-3,10-12H,4-9H2,(H,17,18). The number of carboxylic acid groups (broad SMARTS) is 1. The average molecular weight is 250 g/mol. The first-order chi connectivity index (χ1) is 8.65. The maximum absolute atomic E-state index is 13.1. The van der Waals surface area contributed by atoms with E-state index in [1.807, 2.05) is 6.07 Å². The van der Waals surface area contributed by atoms with Gasteiger partial charge in [-0.3, -0.25) is 4.79 Å². The molecule has 0 unspecified atom stereocenters. The molecule has 1 aliphatic rings. The highest BCUT2D eigenvalue weighted by molar-refractivity contribution is 5.66. The molecule has 1 saturated carbocycles. The van der Waals surface area contributed by atoms with Crippen LogP contribution in [0.15, 0.2) is 24.3 Å². The Bertz CT molecular complexity index is 409. The fraction of sp³-hybridized carbons (Fsp3) is 0.533. The Hall–Kier alpha value is -1.38. The predicted molar refractivity (Wildman–Crippen MR) is 68.0 cm³/mol. The van der Waals surface area contributed by atoms with E-state index in [1.165, 1.54) is 6.07 Å². The summed E-state index contributed by atoms with van der Waals surface area (Å²) in [5, 5.41) is 8.66. The van der Waals surface area contributed by atoms with Crippen LogP contribution in [-0.4, -0.2) is 11.1 Å². The summed E-state index contributed by atoms with van der Waals surface area (Å²) in [5.74, 6) is 0.107. The fourth-order valence-corrected chi connectivity index (χ4v) is 2.87. The number of rotatable bonds is 4. The first-order valence-corrected chi connectivity index (χ1v) is 6.62. The van der Waals surface area contributed by atoms with Gasteiger partial charge < -0.3 is 5.11 Å². The molecule has 0 radical (unpaired) electrons. The predicted octanol–water partition coefficient (Wildman–Crippen LogP) is 3.96. The van der Waals surface area contributed by atoms with Crippen LogP contribution in [0.25, 0.3) is 0 Å². The number of carboxylic acids is 1. The molecule has 0 atom stereocenters. The second-order valence-electron chi connectivity index (χ2n) is 5.21. The molecule has 0 aliphatic heterocycles. The van der Waals surface area contributed by atoms with Gasteiger partial charge in [0.25, 0.3) is 0 Å². The van der Waals surface area contributed by atoms with Gasteiger partial charge in [-0.05, 0) is 61.6 Å². The summed E-state index contributed by atoms with van der Waals surface area (Å²) in [6.07, 6.45) is 5.28. The maximum Gasteiger partial charge on any atom is 0.303 e. The van der Waals surface area contributed by atoms with Gasteiger partial charge in [-0.2, -0.15) is 0 Å². The summed E-state index contributed by atoms with van der Waals surface area (Å²) in [5.41, 5.74) is 1.09. The van der Waals surface area contributed by atoms with Crippen molar-refractivity contribution in [3.8, 4) is 0 Å². The van der Waals surface area contributed by atoms with E-state index in [9.17, 15) is 9.18 Å². The molecular formula is C15H19FO2. The molecule has 1 aromatic carbocycles. The van der Waals surface area contributed by atoms with E-state index >= 15 is 0 Å². The van der Waals surface area contributed by atoms with Crippen molar-refractivity contribution in [2.45, 2.75) is 44.4 Å². The van der Waals surface area contributed by atoms with E-state index in [-0.39, 0.29) is 12.2 Å². The highest BCUT2D eigenvalue weighted by Gasteiger charge is 2.22. The molecule has 1 aliphatic carbocycles. The third-order valence-corrected chi connectivity index (χ3v) is 3.93. The minimum Gasteiger partial charge on any atom is -0.481 e. The lowest BCUT2D eigenvalue weighted by atomic mass is 9.77. The molecule has 0 aromatic heterocycles. The monoisotopic (exact) mass is 250 g/mol. The van der Waals surface area contributed by atoms with Gasteiger partial charge in [-0.15, -0.1) is 0 Å². The van der Waals surface area contributed by atoms with E-state index in [4.69, 9.17) is 5.11 Å². The lowest BCUT2D eigenvalue weighted by Gasteiger charge is -2.28. The smallest absolute Gasteiger partial charge is 0.303 e. The Morgan fingerprint density at radius 3 is 2.61 bits per heavy atom. The molecule has 0 saturated heterocycles. The topological polar surface area (TPSA) is 37.3 Å². The van der Waals surface area contributed by atoms with Crippen LogP contribution in [0.4, 0.5) is 4.39 Å². The molecule has 0 bridgehead atoms. The summed E-state index contributed by atoms with van der Waals surface area (Å²) in [7, 11) is 0. The Labute approximate surface area is 107 Å². The minimum atomic E-state index is -0.706. The Balaban J connectivity index is 1.85. The number of aliphatic carboxylic acids is 1. The van der Waals surface area contributed by atoms with Crippen LogP contribution in [0, 0.1) is 11.7 Å². The molecule has 98 valence electrons. The SMILES string of the molecule is O=C(O)CCC1CCC(c2cccc(F)c2)CC1. The zero-order valence-electron chi connectivity index (χ0n) is 10.4. The number of benzene rings is 1. The van der Waals surface area contributed by atoms with E-state index < -0.39 is 5.97 Å². The average Bonchev–Trinajstić information content (AvgIpc) is 2.37. The Kier molecular flexibility index (Phi) is 4.34. The molecule has 0 spiro atoms. The second-order valence-corrected chi connectivity index (χ2v) is 5.21. The van der Waals surface area contributed by atoms with Crippen molar-refractivity contribution in [1.29, 1.82) is 0 Å². The van der Waals surface area contributed by atoms with Crippen LogP contribution in [-0.2, 0) is 4.79 Å². The van der Waals surface area contributed by atoms with Crippen LogP contribution >= 0.6 is 0 Å². The maximum atomic E-state index is 13.1. The summed E-state index contributed by atoms with van der Waals surface area (Å²) < 4.78 is 13.1. The lowest BCUT2D eigenvalue weighted by molar-refractivity contribution is -0.137. The van der Waals surface area contributed by atoms with Crippen molar-refractivity contribution < 1.29 is 14.3 Å². The van der Waals surface area contributed by atoms with Crippen molar-refractivity contribution in [2.24, 2.45) is 5.92 Å². The first kappa shape index (κ1) is 13.1. The Morgan fingerprint density at radius 2 is 2.00 bits per heavy atom. The van der Waals surface area contributed by atoms with Crippen molar-refractivity contribution in [3.63, 3.8) is 0 Å². The minimum absolute atomic E-state index is 0.166. The highest BCUT2D eigenvalue weighted by Crippen LogP contribution is 2.37. The number of hydrogen-bond acceptors (Lipinski definition) is 1. The first-order valence-electron chi connectivity index (χ1n) is 6.62. The fourth-order valence-electron chi connectivity index (χ4n) is 2.87. The van der Waals surface area contributed by atoms with Crippen LogP contribution in [0.3, 0.4) is 0 Å². The van der Waals surface area contributed by atoms with E-state index in [0.29, 0.717) is 11.8 Å². The summed E-state index contributed by atoms with van der Waals surface area (Å²) in [6.45, 7) is 0. The van der Waals surface area contributed by atoms with Gasteiger partial charge in [0.2, 0.25) is 0 Å². The van der Waals surface area contributed by atoms with Gasteiger partial charge in [0.15, 0.2) is 0 Å². The number of hydrogen-bond donors (Lipinski definition) is 1. The molecule has 2 nitrogen and oxygen atoms in total. The summed E-state index contributed by atoms with van der Waals surface area (Å²) in [6, 6.07) is 6.86. The van der Waals surface area contributed by atoms with Crippen LogP contribution in [0.2, 0.25) is 0 Å². The van der Waals surface area contributed by atoms with Crippen LogP contribution in [0.5, 0.6) is 0 Å². The van der Waals surface area contributed by atoms with Gasteiger partial charge >= 0.3 is 5.97 Å². The molecular weight excluding hydrogens is 231 g/mol. The van der Waals surface area contributed by atoms with Crippen molar-refractivity contribution in [3.05, 3.63) is 35.6 Å². The van der Waals surface area contributed by atoms with Gasteiger partial charge in [0.1, 0.15) is 5.82 Å². The largest absolute Gasteiger partial charge is 0.481 e.